The number of nitro benzene ring substituents is 1. The van der Waals surface area contributed by atoms with E-state index in [1.54, 1.807) is 0 Å². The summed E-state index contributed by atoms with van der Waals surface area (Å²) in [7, 11) is -4.52. The van der Waals surface area contributed by atoms with Crippen molar-refractivity contribution in [3.05, 3.63) is 34.4 Å². The number of nitro groups is 1. The molecule has 78 valence electrons. The largest absolute Gasteiger partial charge is 1.00 e. The third-order valence-corrected chi connectivity index (χ3v) is 2.19. The van der Waals surface area contributed by atoms with Crippen LogP contribution < -0.4 is 51.4 Å². The van der Waals surface area contributed by atoms with Crippen LogP contribution in [0.5, 0.6) is 0 Å². The minimum absolute atomic E-state index is 0. The number of rotatable bonds is 2. The molecule has 0 heterocycles. The van der Waals surface area contributed by atoms with E-state index in [-0.39, 0.29) is 62.5 Å². The molecule has 0 aliphatic heterocycles. The van der Waals surface area contributed by atoms with Crippen LogP contribution in [0.1, 0.15) is 0 Å². The van der Waals surface area contributed by atoms with Crippen LogP contribution in [-0.4, -0.2) is 23.4 Å². The quantitative estimate of drug-likeness (QED) is 0.237. The molecule has 1 rings (SSSR count). The Morgan fingerprint density at radius 1 is 1.13 bits per heavy atom. The van der Waals surface area contributed by atoms with Crippen molar-refractivity contribution in [2.45, 2.75) is 4.90 Å². The first kappa shape index (κ1) is 17.5. The van der Waals surface area contributed by atoms with Crippen LogP contribution in [0.4, 0.5) is 5.69 Å². The number of hydrogen-bond donors (Lipinski definition) is 0. The molecule has 0 radical (unpaired) electrons. The molecule has 1 aromatic carbocycles. The van der Waals surface area contributed by atoms with Gasteiger partial charge in [0.1, 0.15) is 10.1 Å². The summed E-state index contributed by atoms with van der Waals surface area (Å²) >= 11 is 0. The summed E-state index contributed by atoms with van der Waals surface area (Å²) in [6.07, 6.45) is 0. The van der Waals surface area contributed by atoms with Crippen LogP contribution in [0.3, 0.4) is 0 Å². The number of nitrogens with zero attached hydrogens (tertiary/aromatic N) is 1. The zero-order valence-corrected chi connectivity index (χ0v) is 11.6. The van der Waals surface area contributed by atoms with E-state index in [1.165, 1.54) is 0 Å². The van der Waals surface area contributed by atoms with E-state index in [0.29, 0.717) is 0 Å². The topological polar surface area (TPSA) is 132 Å². The summed E-state index contributed by atoms with van der Waals surface area (Å²) in [4.78, 5) is 8.99. The number of benzene rings is 1. The van der Waals surface area contributed by atoms with Crippen molar-refractivity contribution in [2.24, 2.45) is 0 Å². The Balaban J connectivity index is 0. The second kappa shape index (κ2) is 6.65. The Kier molecular flexibility index (Phi) is 7.77. The molecular weight excluding hydrogens is 253 g/mol. The maximum atomic E-state index is 10.4. The standard InChI is InChI=1S/C6H5NO5S.K.H2O/c8-7(9)5-1-3-6(4-2-5)13(10,11)12;;/h1-4H,(H,10,11,12);;1H2/q;+1;/p-1. The predicted octanol–water partition coefficient (Wildman–Crippen LogP) is -3.32. The average molecular weight is 259 g/mol. The van der Waals surface area contributed by atoms with E-state index in [1.807, 2.05) is 0 Å². The van der Waals surface area contributed by atoms with E-state index in [9.17, 15) is 23.1 Å². The molecule has 0 bridgehead atoms. The average Bonchev–Trinajstić information content (AvgIpc) is 2.03. The van der Waals surface area contributed by atoms with Crippen molar-refractivity contribution < 1.29 is 74.8 Å². The number of non-ortho nitro benzene ring substituents is 1. The van der Waals surface area contributed by atoms with Crippen molar-refractivity contribution in [1.29, 1.82) is 0 Å². The second-order valence-corrected chi connectivity index (χ2v) is 3.58. The molecule has 0 atom stereocenters. The van der Waals surface area contributed by atoms with Crippen molar-refractivity contribution in [1.82, 2.24) is 0 Å². The molecule has 0 saturated carbocycles. The Hall–Kier alpha value is 0.126. The van der Waals surface area contributed by atoms with Crippen molar-refractivity contribution in [3.8, 4) is 0 Å². The van der Waals surface area contributed by atoms with E-state index in [4.69, 9.17) is 0 Å². The van der Waals surface area contributed by atoms with Gasteiger partial charge in [-0.25, -0.2) is 8.42 Å². The molecule has 15 heavy (non-hydrogen) atoms. The summed E-state index contributed by atoms with van der Waals surface area (Å²) < 4.78 is 31.2. The molecule has 9 heteroatoms. The smallest absolute Gasteiger partial charge is 0.744 e. The Morgan fingerprint density at radius 3 is 1.80 bits per heavy atom. The Labute approximate surface area is 128 Å². The minimum Gasteiger partial charge on any atom is -0.744 e. The van der Waals surface area contributed by atoms with Crippen LogP contribution in [0.25, 0.3) is 0 Å². The van der Waals surface area contributed by atoms with Crippen LogP contribution in [0.2, 0.25) is 0 Å². The fourth-order valence-electron chi connectivity index (χ4n) is 0.735. The Bertz CT molecular complexity index is 427. The molecule has 0 amide bonds. The SMILES string of the molecule is O.O=[N+]([O-])c1ccc(S(=O)(=O)[O-])cc1.[K+]. The molecule has 0 aliphatic rings. The van der Waals surface area contributed by atoms with Gasteiger partial charge in [-0.3, -0.25) is 10.1 Å². The molecule has 7 nitrogen and oxygen atoms in total. The van der Waals surface area contributed by atoms with Gasteiger partial charge in [0.2, 0.25) is 0 Å². The molecule has 1 aromatic rings. The molecule has 0 fully saturated rings. The van der Waals surface area contributed by atoms with Gasteiger partial charge in [-0.15, -0.1) is 0 Å². The van der Waals surface area contributed by atoms with E-state index >= 15 is 0 Å². The zero-order valence-electron chi connectivity index (χ0n) is 7.71. The summed E-state index contributed by atoms with van der Waals surface area (Å²) in [6, 6.07) is 3.73. The van der Waals surface area contributed by atoms with Gasteiger partial charge in [0.05, 0.1) is 9.82 Å². The van der Waals surface area contributed by atoms with Crippen molar-refractivity contribution >= 4 is 15.8 Å². The van der Waals surface area contributed by atoms with Gasteiger partial charge in [-0.05, 0) is 12.1 Å². The van der Waals surface area contributed by atoms with E-state index in [0.717, 1.165) is 24.3 Å². The van der Waals surface area contributed by atoms with Gasteiger partial charge in [-0.1, -0.05) is 0 Å². The van der Waals surface area contributed by atoms with E-state index in [2.05, 4.69) is 0 Å². The summed E-state index contributed by atoms with van der Waals surface area (Å²) in [5, 5.41) is 10.1. The maximum Gasteiger partial charge on any atom is 1.00 e. The molecular formula is C6H6KNO6S. The minimum atomic E-state index is -4.52. The molecule has 2 N–H and O–H groups in total. The molecule has 0 spiro atoms. The van der Waals surface area contributed by atoms with Gasteiger partial charge in [0, 0.05) is 12.1 Å². The van der Waals surface area contributed by atoms with Gasteiger partial charge >= 0.3 is 51.4 Å². The van der Waals surface area contributed by atoms with E-state index < -0.39 is 19.9 Å². The molecule has 0 saturated heterocycles. The molecule has 0 aliphatic carbocycles. The maximum absolute atomic E-state index is 10.4. The zero-order chi connectivity index (χ0) is 10.1. The summed E-state index contributed by atoms with van der Waals surface area (Å²) in [5.41, 5.74) is -0.257. The number of hydrogen-bond acceptors (Lipinski definition) is 5. The van der Waals surface area contributed by atoms with Crippen LogP contribution in [0, 0.1) is 10.1 Å². The Morgan fingerprint density at radius 2 is 1.53 bits per heavy atom. The van der Waals surface area contributed by atoms with Crippen molar-refractivity contribution in [3.63, 3.8) is 0 Å². The van der Waals surface area contributed by atoms with Crippen LogP contribution in [0.15, 0.2) is 29.2 Å². The summed E-state index contributed by atoms with van der Waals surface area (Å²) in [6.45, 7) is 0. The first-order chi connectivity index (χ1) is 5.91. The van der Waals surface area contributed by atoms with Crippen LogP contribution in [-0.2, 0) is 10.1 Å². The van der Waals surface area contributed by atoms with Gasteiger partial charge < -0.3 is 10.0 Å². The monoisotopic (exact) mass is 259 g/mol. The molecule has 0 aromatic heterocycles. The third kappa shape index (κ3) is 5.13. The van der Waals surface area contributed by atoms with Crippen LogP contribution >= 0.6 is 0 Å². The normalized spacial score (nSPS) is 9.67. The van der Waals surface area contributed by atoms with Crippen molar-refractivity contribution in [2.75, 3.05) is 0 Å². The fraction of sp³-hybridized carbons (Fsp3) is 0. The summed E-state index contributed by atoms with van der Waals surface area (Å²) in [5.74, 6) is 0. The van der Waals surface area contributed by atoms with Gasteiger partial charge in [0.15, 0.2) is 0 Å². The molecule has 0 unspecified atom stereocenters. The second-order valence-electron chi connectivity index (χ2n) is 2.21. The predicted molar refractivity (Wildman–Crippen MR) is 44.7 cm³/mol. The first-order valence-corrected chi connectivity index (χ1v) is 4.52. The third-order valence-electron chi connectivity index (χ3n) is 1.34. The first-order valence-electron chi connectivity index (χ1n) is 3.11. The van der Waals surface area contributed by atoms with Gasteiger partial charge in [-0.2, -0.15) is 0 Å². The van der Waals surface area contributed by atoms with Gasteiger partial charge in [0.25, 0.3) is 5.69 Å². The fourth-order valence-corrected chi connectivity index (χ4v) is 1.20.